The minimum absolute atomic E-state index is 0.0191. The van der Waals surface area contributed by atoms with E-state index in [0.29, 0.717) is 13.0 Å². The van der Waals surface area contributed by atoms with Crippen LogP contribution in [0.25, 0.3) is 0 Å². The Bertz CT molecular complexity index is 494. The standard InChI is InChI=1S/C13H13BrN2O/c14-11-5-1-2-6-12(11)15-13(17)7-10-16-8-3-4-9-16/h1-6,8-9H,7,10H2,(H,15,17). The summed E-state index contributed by atoms with van der Waals surface area (Å²) in [5.74, 6) is 0.0191. The van der Waals surface area contributed by atoms with Gasteiger partial charge in [0.25, 0.3) is 0 Å². The van der Waals surface area contributed by atoms with Crippen LogP contribution in [-0.2, 0) is 11.3 Å². The Morgan fingerprint density at radius 2 is 1.88 bits per heavy atom. The highest BCUT2D eigenvalue weighted by molar-refractivity contribution is 9.10. The summed E-state index contributed by atoms with van der Waals surface area (Å²) >= 11 is 3.39. The van der Waals surface area contributed by atoms with Crippen LogP contribution in [0.4, 0.5) is 5.69 Å². The summed E-state index contributed by atoms with van der Waals surface area (Å²) in [4.78, 5) is 11.7. The molecule has 1 aromatic heterocycles. The number of aryl methyl sites for hydroxylation is 1. The van der Waals surface area contributed by atoms with Crippen molar-refractivity contribution in [1.29, 1.82) is 0 Å². The number of nitrogens with one attached hydrogen (secondary N) is 1. The van der Waals surface area contributed by atoms with E-state index < -0.39 is 0 Å². The third-order valence-electron chi connectivity index (χ3n) is 2.41. The first-order valence-corrected chi connectivity index (χ1v) is 6.20. The second-order valence-electron chi connectivity index (χ2n) is 3.70. The first-order chi connectivity index (χ1) is 8.25. The van der Waals surface area contributed by atoms with Gasteiger partial charge in [-0.05, 0) is 40.2 Å². The number of rotatable bonds is 4. The Morgan fingerprint density at radius 1 is 1.18 bits per heavy atom. The van der Waals surface area contributed by atoms with E-state index in [0.717, 1.165) is 10.2 Å². The number of benzene rings is 1. The van der Waals surface area contributed by atoms with E-state index in [1.807, 2.05) is 53.4 Å². The predicted molar refractivity (Wildman–Crippen MR) is 71.8 cm³/mol. The van der Waals surface area contributed by atoms with E-state index >= 15 is 0 Å². The number of aromatic nitrogens is 1. The molecule has 0 aliphatic heterocycles. The van der Waals surface area contributed by atoms with Gasteiger partial charge in [0.1, 0.15) is 0 Å². The van der Waals surface area contributed by atoms with Gasteiger partial charge in [-0.25, -0.2) is 0 Å². The first-order valence-electron chi connectivity index (χ1n) is 5.41. The van der Waals surface area contributed by atoms with Gasteiger partial charge in [-0.15, -0.1) is 0 Å². The van der Waals surface area contributed by atoms with E-state index in [1.165, 1.54) is 0 Å². The molecule has 0 saturated carbocycles. The highest BCUT2D eigenvalue weighted by Gasteiger charge is 2.04. The number of amides is 1. The van der Waals surface area contributed by atoms with Crippen LogP contribution in [-0.4, -0.2) is 10.5 Å². The Balaban J connectivity index is 1.87. The third kappa shape index (κ3) is 3.46. The van der Waals surface area contributed by atoms with Crippen LogP contribution in [0.2, 0.25) is 0 Å². The minimum atomic E-state index is 0.0191. The fourth-order valence-electron chi connectivity index (χ4n) is 1.53. The van der Waals surface area contributed by atoms with Gasteiger partial charge < -0.3 is 9.88 Å². The lowest BCUT2D eigenvalue weighted by molar-refractivity contribution is -0.116. The molecule has 2 rings (SSSR count). The number of hydrogen-bond acceptors (Lipinski definition) is 1. The smallest absolute Gasteiger partial charge is 0.226 e. The molecule has 1 N–H and O–H groups in total. The zero-order valence-electron chi connectivity index (χ0n) is 9.27. The Labute approximate surface area is 109 Å². The quantitative estimate of drug-likeness (QED) is 0.922. The van der Waals surface area contributed by atoms with Crippen molar-refractivity contribution in [3.63, 3.8) is 0 Å². The molecule has 0 bridgehead atoms. The van der Waals surface area contributed by atoms with Gasteiger partial charge >= 0.3 is 0 Å². The van der Waals surface area contributed by atoms with Gasteiger partial charge in [-0.2, -0.15) is 0 Å². The van der Waals surface area contributed by atoms with Crippen molar-refractivity contribution in [1.82, 2.24) is 4.57 Å². The van der Waals surface area contributed by atoms with Crippen molar-refractivity contribution in [2.24, 2.45) is 0 Å². The van der Waals surface area contributed by atoms with Gasteiger partial charge in [-0.3, -0.25) is 4.79 Å². The van der Waals surface area contributed by atoms with Gasteiger partial charge in [0.2, 0.25) is 5.91 Å². The maximum Gasteiger partial charge on any atom is 0.226 e. The molecule has 1 aromatic carbocycles. The zero-order valence-corrected chi connectivity index (χ0v) is 10.9. The van der Waals surface area contributed by atoms with Crippen molar-refractivity contribution in [2.45, 2.75) is 13.0 Å². The molecule has 0 spiro atoms. The average molecular weight is 293 g/mol. The molecular weight excluding hydrogens is 280 g/mol. The maximum atomic E-state index is 11.7. The monoisotopic (exact) mass is 292 g/mol. The van der Waals surface area contributed by atoms with Crippen molar-refractivity contribution in [3.8, 4) is 0 Å². The van der Waals surface area contributed by atoms with Crippen LogP contribution in [0.5, 0.6) is 0 Å². The van der Waals surface area contributed by atoms with Crippen LogP contribution < -0.4 is 5.32 Å². The highest BCUT2D eigenvalue weighted by Crippen LogP contribution is 2.21. The molecule has 1 amide bonds. The molecule has 17 heavy (non-hydrogen) atoms. The van der Waals surface area contributed by atoms with E-state index in [2.05, 4.69) is 21.2 Å². The van der Waals surface area contributed by atoms with Crippen molar-refractivity contribution in [3.05, 3.63) is 53.3 Å². The minimum Gasteiger partial charge on any atom is -0.354 e. The Morgan fingerprint density at radius 3 is 2.59 bits per heavy atom. The summed E-state index contributed by atoms with van der Waals surface area (Å²) in [7, 11) is 0. The molecule has 0 unspecified atom stereocenters. The number of carbonyl (C=O) groups is 1. The predicted octanol–water partition coefficient (Wildman–Crippen LogP) is 3.28. The largest absolute Gasteiger partial charge is 0.354 e. The molecule has 0 aliphatic rings. The summed E-state index contributed by atoms with van der Waals surface area (Å²) in [5, 5.41) is 2.87. The van der Waals surface area contributed by atoms with Crippen molar-refractivity contribution >= 4 is 27.5 Å². The summed E-state index contributed by atoms with van der Waals surface area (Å²) in [6.45, 7) is 0.698. The fraction of sp³-hybridized carbons (Fsp3) is 0.154. The SMILES string of the molecule is O=C(CCn1cccc1)Nc1ccccc1Br. The molecule has 0 saturated heterocycles. The molecule has 0 aliphatic carbocycles. The molecule has 0 fully saturated rings. The number of nitrogens with zero attached hydrogens (tertiary/aromatic N) is 1. The number of anilines is 1. The first kappa shape index (κ1) is 11.9. The normalized spacial score (nSPS) is 10.2. The van der Waals surface area contributed by atoms with Gasteiger partial charge in [0.05, 0.1) is 5.69 Å². The van der Waals surface area contributed by atoms with E-state index in [1.54, 1.807) is 0 Å². The topological polar surface area (TPSA) is 34.0 Å². The maximum absolute atomic E-state index is 11.7. The number of hydrogen-bond donors (Lipinski definition) is 1. The van der Waals surface area contributed by atoms with E-state index in [4.69, 9.17) is 0 Å². The number of carbonyl (C=O) groups excluding carboxylic acids is 1. The van der Waals surface area contributed by atoms with E-state index in [9.17, 15) is 4.79 Å². The molecule has 1 heterocycles. The molecule has 2 aromatic rings. The fourth-order valence-corrected chi connectivity index (χ4v) is 1.91. The molecular formula is C13H13BrN2O. The summed E-state index contributed by atoms with van der Waals surface area (Å²) in [6, 6.07) is 11.5. The van der Waals surface area contributed by atoms with Crippen LogP contribution in [0.1, 0.15) is 6.42 Å². The number of halogens is 1. The second kappa shape index (κ2) is 5.68. The summed E-state index contributed by atoms with van der Waals surface area (Å²) in [5.41, 5.74) is 0.810. The zero-order chi connectivity index (χ0) is 12.1. The van der Waals surface area contributed by atoms with Crippen LogP contribution in [0.3, 0.4) is 0 Å². The Kier molecular flexibility index (Phi) is 3.98. The molecule has 0 radical (unpaired) electrons. The number of para-hydroxylation sites is 1. The van der Waals surface area contributed by atoms with Crippen LogP contribution in [0.15, 0.2) is 53.3 Å². The van der Waals surface area contributed by atoms with Crippen LogP contribution >= 0.6 is 15.9 Å². The molecule has 4 heteroatoms. The van der Waals surface area contributed by atoms with Crippen molar-refractivity contribution in [2.75, 3.05) is 5.32 Å². The highest BCUT2D eigenvalue weighted by atomic mass is 79.9. The molecule has 3 nitrogen and oxygen atoms in total. The second-order valence-corrected chi connectivity index (χ2v) is 4.55. The summed E-state index contributed by atoms with van der Waals surface area (Å²) < 4.78 is 2.88. The molecule has 88 valence electrons. The van der Waals surface area contributed by atoms with Gasteiger partial charge in [-0.1, -0.05) is 12.1 Å². The lowest BCUT2D eigenvalue weighted by Gasteiger charge is -2.07. The van der Waals surface area contributed by atoms with Crippen molar-refractivity contribution < 1.29 is 4.79 Å². The summed E-state index contributed by atoms with van der Waals surface area (Å²) in [6.07, 6.45) is 4.37. The third-order valence-corrected chi connectivity index (χ3v) is 3.10. The lowest BCUT2D eigenvalue weighted by atomic mass is 10.3. The Hall–Kier alpha value is -1.55. The van der Waals surface area contributed by atoms with Crippen LogP contribution in [0, 0.1) is 0 Å². The van der Waals surface area contributed by atoms with Gasteiger partial charge in [0, 0.05) is 29.8 Å². The lowest BCUT2D eigenvalue weighted by Crippen LogP contribution is -2.14. The molecule has 0 atom stereocenters. The average Bonchev–Trinajstić information content (AvgIpc) is 2.82. The van der Waals surface area contributed by atoms with E-state index in [-0.39, 0.29) is 5.91 Å². The van der Waals surface area contributed by atoms with Gasteiger partial charge in [0.15, 0.2) is 0 Å².